The lowest BCUT2D eigenvalue weighted by atomic mass is 9.83. The third-order valence-corrected chi connectivity index (χ3v) is 8.44. The van der Waals surface area contributed by atoms with Crippen molar-refractivity contribution >= 4 is 15.8 Å². The van der Waals surface area contributed by atoms with E-state index in [4.69, 9.17) is 9.47 Å². The van der Waals surface area contributed by atoms with Gasteiger partial charge in [-0.1, -0.05) is 52.0 Å². The van der Waals surface area contributed by atoms with Crippen molar-refractivity contribution in [2.24, 2.45) is 5.92 Å². The average molecular weight is 462 g/mol. The van der Waals surface area contributed by atoms with Crippen molar-refractivity contribution in [2.75, 3.05) is 13.7 Å². The van der Waals surface area contributed by atoms with E-state index >= 15 is 0 Å². The Labute approximate surface area is 192 Å². The van der Waals surface area contributed by atoms with Gasteiger partial charge in [-0.2, -0.15) is 0 Å². The first-order valence-corrected chi connectivity index (χ1v) is 12.8. The molecule has 32 heavy (non-hydrogen) atoms. The number of rotatable bonds is 13. The molecular weight excluding hydrogens is 426 g/mol. The zero-order valence-electron chi connectivity index (χ0n) is 19.5. The minimum Gasteiger partial charge on any atom is -0.497 e. The Balaban J connectivity index is 2.63. The Hall–Kier alpha value is -2.41. The molecule has 0 aliphatic carbocycles. The van der Waals surface area contributed by atoms with Crippen molar-refractivity contribution in [2.45, 2.75) is 68.9 Å². The molecule has 2 aromatic rings. The second kappa shape index (κ2) is 12.0. The largest absolute Gasteiger partial charge is 0.497 e. The maximum atomic E-state index is 14.2. The van der Waals surface area contributed by atoms with Gasteiger partial charge in [0.25, 0.3) is 0 Å². The Morgan fingerprint density at radius 2 is 1.75 bits per heavy atom. The van der Waals surface area contributed by atoms with Crippen LogP contribution < -0.4 is 4.74 Å². The topological polar surface area (TPSA) is 82.6 Å². The van der Waals surface area contributed by atoms with Crippen LogP contribution in [0.15, 0.2) is 53.7 Å². The molecule has 2 rings (SSSR count). The standard InChI is InChI=1S/C25H35NO5S/c1-5-7-8-9-10-12-20(3)25(24(27)31-6-2,21-13-11-18-26-19-21)32(28,29)23-16-14-22(30-4)15-17-23/h11,13-20H,5-10,12H2,1-4H3. The number of pyridine rings is 1. The molecule has 0 bridgehead atoms. The van der Waals surface area contributed by atoms with Crippen molar-refractivity contribution < 1.29 is 22.7 Å². The molecule has 0 saturated heterocycles. The molecule has 2 unspecified atom stereocenters. The molecule has 2 atom stereocenters. The second-order valence-electron chi connectivity index (χ2n) is 7.98. The summed E-state index contributed by atoms with van der Waals surface area (Å²) in [5.74, 6) is -0.736. The van der Waals surface area contributed by atoms with Gasteiger partial charge in [-0.25, -0.2) is 13.2 Å². The summed E-state index contributed by atoms with van der Waals surface area (Å²) in [6, 6.07) is 9.43. The number of carbonyl (C=O) groups excluding carboxylic acids is 1. The van der Waals surface area contributed by atoms with E-state index in [-0.39, 0.29) is 11.5 Å². The monoisotopic (exact) mass is 461 g/mol. The van der Waals surface area contributed by atoms with Gasteiger partial charge in [0.2, 0.25) is 4.75 Å². The van der Waals surface area contributed by atoms with Crippen LogP contribution in [0.2, 0.25) is 0 Å². The molecule has 0 N–H and O–H groups in total. The van der Waals surface area contributed by atoms with Gasteiger partial charge in [-0.15, -0.1) is 0 Å². The van der Waals surface area contributed by atoms with E-state index in [0.29, 0.717) is 17.7 Å². The summed E-state index contributed by atoms with van der Waals surface area (Å²) in [6.07, 6.45) is 8.79. The molecular formula is C25H35NO5S. The highest BCUT2D eigenvalue weighted by atomic mass is 32.2. The van der Waals surface area contributed by atoms with Crippen LogP contribution >= 0.6 is 0 Å². The van der Waals surface area contributed by atoms with E-state index in [2.05, 4.69) is 11.9 Å². The third kappa shape index (κ3) is 5.31. The number of carbonyl (C=O) groups is 1. The van der Waals surface area contributed by atoms with Crippen LogP contribution in [0.5, 0.6) is 5.75 Å². The summed E-state index contributed by atoms with van der Waals surface area (Å²) in [7, 11) is -2.66. The number of hydrogen-bond donors (Lipinski definition) is 0. The molecule has 0 spiro atoms. The average Bonchev–Trinajstić information content (AvgIpc) is 2.80. The van der Waals surface area contributed by atoms with Gasteiger partial charge in [-0.3, -0.25) is 4.98 Å². The molecule has 0 radical (unpaired) electrons. The zero-order valence-corrected chi connectivity index (χ0v) is 20.4. The van der Waals surface area contributed by atoms with Crippen molar-refractivity contribution in [1.29, 1.82) is 0 Å². The Bertz CT molecular complexity index is 944. The van der Waals surface area contributed by atoms with E-state index < -0.39 is 26.5 Å². The van der Waals surface area contributed by atoms with Gasteiger partial charge in [0.15, 0.2) is 9.84 Å². The molecule has 7 heteroatoms. The van der Waals surface area contributed by atoms with E-state index in [0.717, 1.165) is 32.1 Å². The Kier molecular flexibility index (Phi) is 9.69. The van der Waals surface area contributed by atoms with Crippen LogP contribution in [0.25, 0.3) is 0 Å². The van der Waals surface area contributed by atoms with E-state index in [1.54, 1.807) is 37.4 Å². The van der Waals surface area contributed by atoms with Crippen molar-refractivity contribution in [1.82, 2.24) is 4.98 Å². The molecule has 1 heterocycles. The number of ether oxygens (including phenoxy) is 2. The van der Waals surface area contributed by atoms with E-state index in [1.165, 1.54) is 25.4 Å². The van der Waals surface area contributed by atoms with Crippen LogP contribution in [0, 0.1) is 5.92 Å². The molecule has 6 nitrogen and oxygen atoms in total. The molecule has 0 saturated carbocycles. The van der Waals surface area contributed by atoms with Crippen LogP contribution in [0.4, 0.5) is 0 Å². The molecule has 176 valence electrons. The number of hydrogen-bond acceptors (Lipinski definition) is 6. The fourth-order valence-corrected chi connectivity index (χ4v) is 6.38. The number of methoxy groups -OCH3 is 1. The highest BCUT2D eigenvalue weighted by molar-refractivity contribution is 7.93. The van der Waals surface area contributed by atoms with Crippen LogP contribution in [0.1, 0.15) is 64.9 Å². The quantitative estimate of drug-likeness (QED) is 0.297. The van der Waals surface area contributed by atoms with Gasteiger partial charge in [0, 0.05) is 18.0 Å². The summed E-state index contributed by atoms with van der Waals surface area (Å²) in [4.78, 5) is 17.7. The maximum Gasteiger partial charge on any atom is 0.332 e. The molecule has 1 aromatic carbocycles. The van der Waals surface area contributed by atoms with Gasteiger partial charge in [-0.05, 0) is 49.6 Å². The SMILES string of the molecule is CCCCCCCC(C)C(C(=O)OCC)(c1cccnc1)S(=O)(=O)c1ccc(OC)cc1. The number of esters is 1. The highest BCUT2D eigenvalue weighted by Gasteiger charge is 2.57. The number of benzene rings is 1. The third-order valence-electron chi connectivity index (χ3n) is 5.90. The Morgan fingerprint density at radius 1 is 1.06 bits per heavy atom. The van der Waals surface area contributed by atoms with E-state index in [1.807, 2.05) is 6.92 Å². The van der Waals surface area contributed by atoms with Crippen LogP contribution in [-0.2, 0) is 24.1 Å². The van der Waals surface area contributed by atoms with Crippen LogP contribution in [0.3, 0.4) is 0 Å². The summed E-state index contributed by atoms with van der Waals surface area (Å²) in [5, 5.41) is 0. The van der Waals surface area contributed by atoms with E-state index in [9.17, 15) is 13.2 Å². The number of aromatic nitrogens is 1. The molecule has 1 aromatic heterocycles. The summed E-state index contributed by atoms with van der Waals surface area (Å²) in [6.45, 7) is 5.74. The van der Waals surface area contributed by atoms with Gasteiger partial charge in [0.05, 0.1) is 18.6 Å². The summed E-state index contributed by atoms with van der Waals surface area (Å²) >= 11 is 0. The minimum atomic E-state index is -4.18. The number of unbranched alkanes of at least 4 members (excludes halogenated alkanes) is 4. The van der Waals surface area contributed by atoms with Gasteiger partial charge < -0.3 is 9.47 Å². The fourth-order valence-electron chi connectivity index (χ4n) is 4.15. The number of nitrogens with zero attached hydrogens (tertiary/aromatic N) is 1. The summed E-state index contributed by atoms with van der Waals surface area (Å²) in [5.41, 5.74) is 0.329. The smallest absolute Gasteiger partial charge is 0.332 e. The van der Waals surface area contributed by atoms with Crippen molar-refractivity contribution in [3.63, 3.8) is 0 Å². The lowest BCUT2D eigenvalue weighted by Gasteiger charge is -2.36. The zero-order chi connectivity index (χ0) is 23.6. The minimum absolute atomic E-state index is 0.0491. The molecule has 0 aliphatic rings. The first-order chi connectivity index (χ1) is 15.4. The van der Waals surface area contributed by atoms with Gasteiger partial charge >= 0.3 is 5.97 Å². The highest BCUT2D eigenvalue weighted by Crippen LogP contribution is 2.45. The lowest BCUT2D eigenvalue weighted by Crippen LogP contribution is -2.50. The number of sulfone groups is 1. The Morgan fingerprint density at radius 3 is 2.31 bits per heavy atom. The van der Waals surface area contributed by atoms with Crippen molar-refractivity contribution in [3.05, 3.63) is 54.4 Å². The normalized spacial score (nSPS) is 14.4. The predicted molar refractivity (Wildman–Crippen MR) is 125 cm³/mol. The first kappa shape index (κ1) is 25.8. The molecule has 0 fully saturated rings. The molecule has 0 amide bonds. The fraction of sp³-hybridized carbons (Fsp3) is 0.520. The predicted octanol–water partition coefficient (Wildman–Crippen LogP) is 5.32. The van der Waals surface area contributed by atoms with Crippen LogP contribution in [-0.4, -0.2) is 33.1 Å². The molecule has 0 aliphatic heterocycles. The maximum absolute atomic E-state index is 14.2. The second-order valence-corrected chi connectivity index (χ2v) is 10.1. The van der Waals surface area contributed by atoms with Crippen molar-refractivity contribution in [3.8, 4) is 5.75 Å². The lowest BCUT2D eigenvalue weighted by molar-refractivity contribution is -0.148. The van der Waals surface area contributed by atoms with Gasteiger partial charge in [0.1, 0.15) is 5.75 Å². The summed E-state index contributed by atoms with van der Waals surface area (Å²) < 4.78 is 37.0. The first-order valence-electron chi connectivity index (χ1n) is 11.3.